The summed E-state index contributed by atoms with van der Waals surface area (Å²) < 4.78 is 0. The highest BCUT2D eigenvalue weighted by Crippen LogP contribution is 2.28. The number of halogens is 1. The summed E-state index contributed by atoms with van der Waals surface area (Å²) in [6.07, 6.45) is 0.795. The molecule has 0 radical (unpaired) electrons. The summed E-state index contributed by atoms with van der Waals surface area (Å²) in [5.74, 6) is -0.251. The number of rotatable bonds is 3. The fraction of sp³-hybridized carbons (Fsp3) is 0.500. The number of carbonyl (C=O) groups excluding carboxylic acids is 3. The molecule has 2 fully saturated rings. The molecule has 8 heteroatoms. The summed E-state index contributed by atoms with van der Waals surface area (Å²) in [7, 11) is 0. The van der Waals surface area contributed by atoms with Gasteiger partial charge in [-0.15, -0.1) is 12.4 Å². The molecular weight excluding hydrogens is 356 g/mol. The number of piperidine rings is 1. The van der Waals surface area contributed by atoms with Gasteiger partial charge in [0.25, 0.3) is 5.91 Å². The second kappa shape index (κ2) is 7.63. The van der Waals surface area contributed by atoms with E-state index in [-0.39, 0.29) is 54.8 Å². The van der Waals surface area contributed by atoms with Crippen LogP contribution in [-0.4, -0.2) is 53.3 Å². The second-order valence-electron chi connectivity index (χ2n) is 7.45. The molecule has 1 unspecified atom stereocenters. The van der Waals surface area contributed by atoms with Gasteiger partial charge in [-0.25, -0.2) is 4.79 Å². The summed E-state index contributed by atoms with van der Waals surface area (Å²) in [6, 6.07) is 6.79. The largest absolute Gasteiger partial charge is 0.338 e. The van der Waals surface area contributed by atoms with Crippen molar-refractivity contribution >= 4 is 30.3 Å². The number of benzene rings is 1. The standard InChI is InChI=1S/C18H24N4O3.ClH/c1-18(2)11-21(8-7-14(18)19)16(24)13-5-3-12(4-6-13)10-22-15(23)9-20-17(22)25;/h3-6,14H,7-11,19H2,1-2H3,(H,20,25);1H. The number of imide groups is 1. The molecule has 0 aromatic heterocycles. The molecule has 7 nitrogen and oxygen atoms in total. The Hall–Kier alpha value is -2.12. The zero-order valence-corrected chi connectivity index (χ0v) is 15.8. The molecule has 0 spiro atoms. The Morgan fingerprint density at radius 3 is 2.46 bits per heavy atom. The Kier molecular flexibility index (Phi) is 5.93. The summed E-state index contributed by atoms with van der Waals surface area (Å²) in [5, 5.41) is 2.49. The van der Waals surface area contributed by atoms with Gasteiger partial charge in [0.2, 0.25) is 5.91 Å². The monoisotopic (exact) mass is 380 g/mol. The quantitative estimate of drug-likeness (QED) is 0.774. The summed E-state index contributed by atoms with van der Waals surface area (Å²) in [5.41, 5.74) is 7.44. The van der Waals surface area contributed by atoms with Gasteiger partial charge in [-0.05, 0) is 29.5 Å². The fourth-order valence-corrected chi connectivity index (χ4v) is 3.28. The molecule has 1 aromatic carbocycles. The molecule has 1 atom stereocenters. The van der Waals surface area contributed by atoms with E-state index < -0.39 is 0 Å². The fourth-order valence-electron chi connectivity index (χ4n) is 3.28. The van der Waals surface area contributed by atoms with Gasteiger partial charge < -0.3 is 16.0 Å². The normalized spacial score (nSPS) is 22.0. The van der Waals surface area contributed by atoms with Crippen LogP contribution in [0, 0.1) is 5.41 Å². The second-order valence-corrected chi connectivity index (χ2v) is 7.45. The van der Waals surface area contributed by atoms with Crippen molar-refractivity contribution in [2.45, 2.75) is 32.9 Å². The van der Waals surface area contributed by atoms with Gasteiger partial charge in [0, 0.05) is 24.7 Å². The lowest BCUT2D eigenvalue weighted by atomic mass is 9.79. The minimum atomic E-state index is -0.378. The van der Waals surface area contributed by atoms with Crippen molar-refractivity contribution in [3.63, 3.8) is 0 Å². The van der Waals surface area contributed by atoms with E-state index in [1.54, 1.807) is 24.3 Å². The van der Waals surface area contributed by atoms with E-state index in [0.717, 1.165) is 12.0 Å². The van der Waals surface area contributed by atoms with Crippen molar-refractivity contribution in [1.82, 2.24) is 15.1 Å². The lowest BCUT2D eigenvalue weighted by Crippen LogP contribution is -2.54. The van der Waals surface area contributed by atoms with Crippen molar-refractivity contribution in [3.8, 4) is 0 Å². The SMILES string of the molecule is CC1(C)CN(C(=O)c2ccc(CN3C(=O)CNC3=O)cc2)CCC1N.Cl. The first-order valence-corrected chi connectivity index (χ1v) is 8.50. The predicted octanol–water partition coefficient (Wildman–Crippen LogP) is 1.36. The molecular formula is C18H25ClN4O3. The molecule has 0 aliphatic carbocycles. The van der Waals surface area contributed by atoms with E-state index in [4.69, 9.17) is 5.73 Å². The van der Waals surface area contributed by atoms with Crippen LogP contribution in [-0.2, 0) is 11.3 Å². The number of nitrogens with zero attached hydrogens (tertiary/aromatic N) is 2. The molecule has 2 aliphatic rings. The first kappa shape index (κ1) is 20.2. The molecule has 142 valence electrons. The number of likely N-dealkylation sites (tertiary alicyclic amines) is 1. The molecule has 26 heavy (non-hydrogen) atoms. The van der Waals surface area contributed by atoms with Gasteiger partial charge in [0.15, 0.2) is 0 Å². The first-order valence-electron chi connectivity index (χ1n) is 8.50. The van der Waals surface area contributed by atoms with Crippen LogP contribution in [0.5, 0.6) is 0 Å². The van der Waals surface area contributed by atoms with Gasteiger partial charge in [-0.2, -0.15) is 0 Å². The average Bonchev–Trinajstić information content (AvgIpc) is 2.89. The van der Waals surface area contributed by atoms with Crippen LogP contribution < -0.4 is 11.1 Å². The molecule has 3 rings (SSSR count). The Morgan fingerprint density at radius 2 is 1.92 bits per heavy atom. The lowest BCUT2D eigenvalue weighted by molar-refractivity contribution is -0.125. The maximum Gasteiger partial charge on any atom is 0.324 e. The van der Waals surface area contributed by atoms with Crippen molar-refractivity contribution in [1.29, 1.82) is 0 Å². The molecule has 3 N–H and O–H groups in total. The van der Waals surface area contributed by atoms with Crippen LogP contribution in [0.3, 0.4) is 0 Å². The van der Waals surface area contributed by atoms with Crippen molar-refractivity contribution in [3.05, 3.63) is 35.4 Å². The number of carbonyl (C=O) groups is 3. The zero-order chi connectivity index (χ0) is 18.2. The summed E-state index contributed by atoms with van der Waals surface area (Å²) >= 11 is 0. The molecule has 0 bridgehead atoms. The van der Waals surface area contributed by atoms with Gasteiger partial charge in [0.1, 0.15) is 0 Å². The van der Waals surface area contributed by atoms with E-state index in [1.165, 1.54) is 4.90 Å². The Balaban J connectivity index is 0.00000243. The minimum Gasteiger partial charge on any atom is -0.338 e. The molecule has 2 aliphatic heterocycles. The highest BCUT2D eigenvalue weighted by molar-refractivity contribution is 6.01. The number of urea groups is 1. The van der Waals surface area contributed by atoms with Crippen LogP contribution in [0.4, 0.5) is 4.79 Å². The van der Waals surface area contributed by atoms with Crippen LogP contribution in [0.2, 0.25) is 0 Å². The van der Waals surface area contributed by atoms with E-state index >= 15 is 0 Å². The van der Waals surface area contributed by atoms with E-state index in [9.17, 15) is 14.4 Å². The molecule has 2 heterocycles. The third-order valence-electron chi connectivity index (χ3n) is 5.08. The topological polar surface area (TPSA) is 95.7 Å². The van der Waals surface area contributed by atoms with E-state index in [1.807, 2.05) is 4.90 Å². The number of hydrogen-bond acceptors (Lipinski definition) is 4. The first-order chi connectivity index (χ1) is 11.8. The van der Waals surface area contributed by atoms with Crippen molar-refractivity contribution in [2.75, 3.05) is 19.6 Å². The van der Waals surface area contributed by atoms with Crippen LogP contribution in [0.25, 0.3) is 0 Å². The van der Waals surface area contributed by atoms with Gasteiger partial charge in [-0.3, -0.25) is 14.5 Å². The predicted molar refractivity (Wildman–Crippen MR) is 99.9 cm³/mol. The molecule has 4 amide bonds. The Morgan fingerprint density at radius 1 is 1.27 bits per heavy atom. The van der Waals surface area contributed by atoms with Crippen LogP contribution in [0.15, 0.2) is 24.3 Å². The van der Waals surface area contributed by atoms with Crippen molar-refractivity contribution in [2.24, 2.45) is 11.1 Å². The third-order valence-corrected chi connectivity index (χ3v) is 5.08. The Labute approximate surface area is 159 Å². The Bertz CT molecular complexity index is 689. The highest BCUT2D eigenvalue weighted by Gasteiger charge is 2.35. The smallest absolute Gasteiger partial charge is 0.324 e. The molecule has 1 aromatic rings. The van der Waals surface area contributed by atoms with Gasteiger partial charge in [0.05, 0.1) is 13.1 Å². The maximum atomic E-state index is 12.7. The number of nitrogens with one attached hydrogen (secondary N) is 1. The van der Waals surface area contributed by atoms with Gasteiger partial charge in [-0.1, -0.05) is 26.0 Å². The summed E-state index contributed by atoms with van der Waals surface area (Å²) in [4.78, 5) is 38.9. The third kappa shape index (κ3) is 3.99. The lowest BCUT2D eigenvalue weighted by Gasteiger charge is -2.42. The number of nitrogens with two attached hydrogens (primary N) is 1. The summed E-state index contributed by atoms with van der Waals surface area (Å²) in [6.45, 7) is 5.72. The molecule has 0 saturated carbocycles. The molecule has 2 saturated heterocycles. The maximum absolute atomic E-state index is 12.7. The highest BCUT2D eigenvalue weighted by atomic mass is 35.5. The van der Waals surface area contributed by atoms with Crippen molar-refractivity contribution < 1.29 is 14.4 Å². The van der Waals surface area contributed by atoms with E-state index in [2.05, 4.69) is 19.2 Å². The zero-order valence-electron chi connectivity index (χ0n) is 15.0. The van der Waals surface area contributed by atoms with Crippen LogP contribution >= 0.6 is 12.4 Å². The average molecular weight is 381 g/mol. The van der Waals surface area contributed by atoms with E-state index in [0.29, 0.717) is 18.7 Å². The number of hydrogen-bond donors (Lipinski definition) is 2. The number of amides is 4. The minimum absolute atomic E-state index is 0. The van der Waals surface area contributed by atoms with Crippen LogP contribution in [0.1, 0.15) is 36.2 Å². The van der Waals surface area contributed by atoms with Gasteiger partial charge >= 0.3 is 6.03 Å².